The van der Waals surface area contributed by atoms with E-state index in [-0.39, 0.29) is 27.6 Å². The Balaban J connectivity index is 2.32. The van der Waals surface area contributed by atoms with E-state index >= 15 is 0 Å². The molecule has 0 aromatic heterocycles. The topological polar surface area (TPSA) is 171 Å². The Bertz CT molecular complexity index is 1070. The lowest BCUT2D eigenvalue weighted by Crippen LogP contribution is -2.17. The van der Waals surface area contributed by atoms with Gasteiger partial charge in [-0.05, 0) is 30.3 Å². The molecular formula is C12H11N5O4S2. The molecule has 23 heavy (non-hydrogen) atoms. The number of primary sulfonamides is 1. The molecule has 9 nitrogen and oxygen atoms in total. The lowest BCUT2D eigenvalue weighted by Gasteiger charge is -2.16. The van der Waals surface area contributed by atoms with Gasteiger partial charge in [0.2, 0.25) is 19.9 Å². The number of sulfone groups is 1. The predicted molar refractivity (Wildman–Crippen MR) is 82.7 cm³/mol. The minimum Gasteiger partial charge on any atom is -0.399 e. The number of hydrogen-bond donors (Lipinski definition) is 3. The molecule has 0 radical (unpaired) electrons. The summed E-state index contributed by atoms with van der Waals surface area (Å²) in [7, 11) is -8.51. The molecular weight excluding hydrogens is 342 g/mol. The fourth-order valence-corrected chi connectivity index (χ4v) is 4.91. The number of hydrogen-bond acceptors (Lipinski definition) is 8. The highest BCUT2D eigenvalue weighted by Gasteiger charge is 2.32. The van der Waals surface area contributed by atoms with Crippen molar-refractivity contribution < 1.29 is 16.8 Å². The predicted octanol–water partition coefficient (Wildman–Crippen LogP) is 1.06. The van der Waals surface area contributed by atoms with Gasteiger partial charge in [0.05, 0.1) is 10.6 Å². The quantitative estimate of drug-likeness (QED) is 0.594. The van der Waals surface area contributed by atoms with Crippen LogP contribution in [0.4, 0.5) is 22.7 Å². The largest absolute Gasteiger partial charge is 0.399 e. The van der Waals surface area contributed by atoms with Gasteiger partial charge in [-0.2, -0.15) is 0 Å². The molecule has 1 aliphatic heterocycles. The normalized spacial score (nSPS) is 13.4. The fraction of sp³-hybridized carbons (Fsp3) is 0. The van der Waals surface area contributed by atoms with Crippen LogP contribution in [0, 0.1) is 0 Å². The second-order valence-corrected chi connectivity index (χ2v) is 8.22. The van der Waals surface area contributed by atoms with Gasteiger partial charge in [-0.3, -0.25) is 0 Å². The number of anilines is 2. The van der Waals surface area contributed by atoms with Crippen LogP contribution in [0.15, 0.2) is 55.2 Å². The molecule has 0 unspecified atom stereocenters. The third-order valence-electron chi connectivity index (χ3n) is 3.25. The van der Waals surface area contributed by atoms with E-state index in [0.717, 1.165) is 12.1 Å². The lowest BCUT2D eigenvalue weighted by atomic mass is 10.2. The Morgan fingerprint density at radius 2 is 1.39 bits per heavy atom. The van der Waals surface area contributed by atoms with E-state index in [1.54, 1.807) is 0 Å². The van der Waals surface area contributed by atoms with Crippen molar-refractivity contribution >= 4 is 42.6 Å². The molecule has 0 bridgehead atoms. The zero-order chi connectivity index (χ0) is 17.0. The van der Waals surface area contributed by atoms with Crippen LogP contribution >= 0.6 is 0 Å². The van der Waals surface area contributed by atoms with E-state index < -0.39 is 29.7 Å². The van der Waals surface area contributed by atoms with Crippen LogP contribution in [0.2, 0.25) is 0 Å². The number of fused-ring (bicyclic) bond motifs is 1. The highest BCUT2D eigenvalue weighted by atomic mass is 32.2. The molecule has 3 rings (SSSR count). The molecule has 1 heterocycles. The molecule has 1 aliphatic rings. The Morgan fingerprint density at radius 3 is 1.96 bits per heavy atom. The summed E-state index contributed by atoms with van der Waals surface area (Å²) in [5, 5.41) is 12.4. The maximum atomic E-state index is 12.9. The summed E-state index contributed by atoms with van der Waals surface area (Å²) in [5.74, 6) is 0. The Labute approximate surface area is 131 Å². The minimum absolute atomic E-state index is 0.0758. The van der Waals surface area contributed by atoms with Gasteiger partial charge >= 0.3 is 0 Å². The summed E-state index contributed by atoms with van der Waals surface area (Å²) in [6, 6.07) is 5.92. The number of nitrogens with two attached hydrogens (primary N) is 3. The van der Waals surface area contributed by atoms with Crippen LogP contribution in [-0.2, 0) is 19.9 Å². The van der Waals surface area contributed by atoms with Crippen LogP contribution in [0.25, 0.3) is 0 Å². The molecule has 0 saturated carbocycles. The molecule has 0 aliphatic carbocycles. The third kappa shape index (κ3) is 2.34. The summed E-state index contributed by atoms with van der Waals surface area (Å²) in [6.45, 7) is 0. The number of azo groups is 1. The summed E-state index contributed by atoms with van der Waals surface area (Å²) in [5.41, 5.74) is 11.9. The van der Waals surface area contributed by atoms with Crippen molar-refractivity contribution in [1.82, 2.24) is 0 Å². The third-order valence-corrected chi connectivity index (χ3v) is 6.17. The van der Waals surface area contributed by atoms with E-state index in [9.17, 15) is 16.8 Å². The number of sulfonamides is 1. The second-order valence-electron chi connectivity index (χ2n) is 4.80. The molecule has 120 valence electrons. The molecule has 0 fully saturated rings. The van der Waals surface area contributed by atoms with Crippen molar-refractivity contribution in [2.24, 2.45) is 15.4 Å². The standard InChI is InChI=1S/C12H11N5O4S2/c13-6-1-3-8(23(15,20)21)10(5-6)22(18,19)9-4-2-7(14)11-12(9)17-16-11/h1-5H,13-14H2,(H2,15,20,21). The van der Waals surface area contributed by atoms with Crippen molar-refractivity contribution in [3.63, 3.8) is 0 Å². The molecule has 0 spiro atoms. The maximum absolute atomic E-state index is 12.9. The van der Waals surface area contributed by atoms with Gasteiger partial charge in [0, 0.05) is 5.69 Å². The SMILES string of the molecule is Nc1ccc(S(N)(=O)=O)c(S(=O)(=O)c2ccc(N)c3c2N=N3)c1. The van der Waals surface area contributed by atoms with Gasteiger partial charge in [-0.25, -0.2) is 22.0 Å². The van der Waals surface area contributed by atoms with Gasteiger partial charge in [-0.15, -0.1) is 10.2 Å². The number of rotatable bonds is 3. The van der Waals surface area contributed by atoms with E-state index in [1.807, 2.05) is 0 Å². The van der Waals surface area contributed by atoms with Gasteiger partial charge in [0.25, 0.3) is 0 Å². The van der Waals surface area contributed by atoms with Crippen LogP contribution in [-0.4, -0.2) is 16.8 Å². The molecule has 0 atom stereocenters. The average Bonchev–Trinajstić information content (AvgIpc) is 2.39. The summed E-state index contributed by atoms with van der Waals surface area (Å²) in [6.07, 6.45) is 0. The van der Waals surface area contributed by atoms with Crippen molar-refractivity contribution in [3.8, 4) is 0 Å². The van der Waals surface area contributed by atoms with E-state index in [2.05, 4.69) is 10.2 Å². The van der Waals surface area contributed by atoms with Gasteiger partial charge in [-0.1, -0.05) is 0 Å². The van der Waals surface area contributed by atoms with E-state index in [4.69, 9.17) is 16.6 Å². The first-order chi connectivity index (χ1) is 10.6. The summed E-state index contributed by atoms with van der Waals surface area (Å²) < 4.78 is 49.1. The summed E-state index contributed by atoms with van der Waals surface area (Å²) in [4.78, 5) is -1.28. The van der Waals surface area contributed by atoms with Crippen LogP contribution in [0.3, 0.4) is 0 Å². The zero-order valence-electron chi connectivity index (χ0n) is 11.5. The van der Waals surface area contributed by atoms with Gasteiger partial charge in [0.1, 0.15) is 21.2 Å². The number of nitrogens with zero attached hydrogens (tertiary/aromatic N) is 2. The monoisotopic (exact) mass is 353 g/mol. The van der Waals surface area contributed by atoms with E-state index in [1.165, 1.54) is 18.2 Å². The first kappa shape index (κ1) is 15.4. The molecule has 2 aromatic rings. The van der Waals surface area contributed by atoms with Crippen LogP contribution < -0.4 is 16.6 Å². The Morgan fingerprint density at radius 1 is 0.783 bits per heavy atom. The Kier molecular flexibility index (Phi) is 3.18. The molecule has 0 amide bonds. The van der Waals surface area contributed by atoms with Crippen LogP contribution in [0.1, 0.15) is 0 Å². The van der Waals surface area contributed by atoms with Gasteiger partial charge < -0.3 is 11.5 Å². The lowest BCUT2D eigenvalue weighted by molar-refractivity contribution is 0.583. The highest BCUT2D eigenvalue weighted by molar-refractivity contribution is 7.93. The Hall–Kier alpha value is -2.50. The highest BCUT2D eigenvalue weighted by Crippen LogP contribution is 2.48. The first-order valence-electron chi connectivity index (χ1n) is 6.14. The average molecular weight is 353 g/mol. The molecule has 6 N–H and O–H groups in total. The van der Waals surface area contributed by atoms with Crippen molar-refractivity contribution in [1.29, 1.82) is 0 Å². The zero-order valence-corrected chi connectivity index (χ0v) is 13.1. The molecule has 2 aromatic carbocycles. The number of nitrogen functional groups attached to an aromatic ring is 2. The van der Waals surface area contributed by atoms with Gasteiger partial charge in [0.15, 0.2) is 0 Å². The maximum Gasteiger partial charge on any atom is 0.239 e. The fourth-order valence-electron chi connectivity index (χ4n) is 2.14. The molecule has 0 saturated heterocycles. The summed E-state index contributed by atoms with van der Waals surface area (Å²) >= 11 is 0. The van der Waals surface area contributed by atoms with E-state index in [0.29, 0.717) is 0 Å². The second kappa shape index (κ2) is 4.75. The van der Waals surface area contributed by atoms with Crippen molar-refractivity contribution in [3.05, 3.63) is 30.3 Å². The van der Waals surface area contributed by atoms with Crippen molar-refractivity contribution in [2.45, 2.75) is 14.7 Å². The molecule has 11 heteroatoms. The number of benzene rings is 2. The van der Waals surface area contributed by atoms with Crippen molar-refractivity contribution in [2.75, 3.05) is 11.5 Å². The van der Waals surface area contributed by atoms with Crippen LogP contribution in [0.5, 0.6) is 0 Å². The minimum atomic E-state index is -4.27. The first-order valence-corrected chi connectivity index (χ1v) is 9.17. The smallest absolute Gasteiger partial charge is 0.239 e.